The van der Waals surface area contributed by atoms with Gasteiger partial charge in [0.2, 0.25) is 0 Å². The summed E-state index contributed by atoms with van der Waals surface area (Å²) in [6.45, 7) is 3.26. The van der Waals surface area contributed by atoms with Gasteiger partial charge in [0.25, 0.3) is 10.0 Å². The van der Waals surface area contributed by atoms with E-state index in [9.17, 15) is 12.8 Å². The molecule has 0 bridgehead atoms. The third kappa shape index (κ3) is 3.22. The first-order valence-electron chi connectivity index (χ1n) is 6.42. The SMILES string of the molecule is Cc1ccccc1NS(=O)(=O)c1cc(C)c(F)c(CN)c1. The summed E-state index contributed by atoms with van der Waals surface area (Å²) >= 11 is 0. The van der Waals surface area contributed by atoms with Gasteiger partial charge < -0.3 is 5.73 Å². The molecular weight excluding hydrogens is 291 g/mol. The molecule has 2 rings (SSSR count). The lowest BCUT2D eigenvalue weighted by Crippen LogP contribution is -2.15. The Balaban J connectivity index is 2.45. The third-order valence-electron chi connectivity index (χ3n) is 3.22. The Hall–Kier alpha value is -1.92. The molecule has 0 fully saturated rings. The van der Waals surface area contributed by atoms with Crippen molar-refractivity contribution in [2.24, 2.45) is 5.73 Å². The van der Waals surface area contributed by atoms with Crippen LogP contribution in [-0.4, -0.2) is 8.42 Å². The maximum absolute atomic E-state index is 13.8. The highest BCUT2D eigenvalue weighted by Crippen LogP contribution is 2.23. The van der Waals surface area contributed by atoms with Gasteiger partial charge in [-0.05, 0) is 43.2 Å². The van der Waals surface area contributed by atoms with Crippen LogP contribution < -0.4 is 10.5 Å². The number of aryl methyl sites for hydroxylation is 2. The number of rotatable bonds is 4. The van der Waals surface area contributed by atoms with Crippen LogP contribution >= 0.6 is 0 Å². The van der Waals surface area contributed by atoms with E-state index in [4.69, 9.17) is 5.73 Å². The monoisotopic (exact) mass is 308 g/mol. The summed E-state index contributed by atoms with van der Waals surface area (Å²) in [4.78, 5) is 0.00473. The van der Waals surface area contributed by atoms with Gasteiger partial charge >= 0.3 is 0 Å². The van der Waals surface area contributed by atoms with Crippen molar-refractivity contribution in [2.75, 3.05) is 4.72 Å². The van der Waals surface area contributed by atoms with Gasteiger partial charge in [0.15, 0.2) is 0 Å². The van der Waals surface area contributed by atoms with E-state index >= 15 is 0 Å². The lowest BCUT2D eigenvalue weighted by molar-refractivity contribution is 0.591. The molecule has 6 heteroatoms. The molecular formula is C15H17FN2O2S. The van der Waals surface area contributed by atoms with E-state index in [2.05, 4.69) is 4.72 Å². The van der Waals surface area contributed by atoms with E-state index in [1.807, 2.05) is 6.07 Å². The normalized spacial score (nSPS) is 11.4. The fourth-order valence-corrected chi connectivity index (χ4v) is 3.27. The molecule has 3 N–H and O–H groups in total. The van der Waals surface area contributed by atoms with Gasteiger partial charge in [-0.2, -0.15) is 0 Å². The molecule has 0 aliphatic heterocycles. The first-order chi connectivity index (χ1) is 9.85. The van der Waals surface area contributed by atoms with Gasteiger partial charge in [-0.15, -0.1) is 0 Å². The number of hydrogen-bond acceptors (Lipinski definition) is 3. The van der Waals surface area contributed by atoms with Crippen LogP contribution in [0.4, 0.5) is 10.1 Å². The third-order valence-corrected chi connectivity index (χ3v) is 4.57. The minimum absolute atomic E-state index is 0.00473. The van der Waals surface area contributed by atoms with Crippen LogP contribution in [0.1, 0.15) is 16.7 Å². The van der Waals surface area contributed by atoms with E-state index < -0.39 is 15.8 Å². The lowest BCUT2D eigenvalue weighted by Gasteiger charge is -2.12. The molecule has 0 atom stereocenters. The highest BCUT2D eigenvalue weighted by Gasteiger charge is 2.18. The molecule has 21 heavy (non-hydrogen) atoms. The number of anilines is 1. The zero-order valence-corrected chi connectivity index (χ0v) is 12.7. The van der Waals surface area contributed by atoms with Crippen LogP contribution in [0.25, 0.3) is 0 Å². The van der Waals surface area contributed by atoms with Crippen LogP contribution in [-0.2, 0) is 16.6 Å². The molecule has 2 aromatic rings. The number of para-hydroxylation sites is 1. The number of benzene rings is 2. The van der Waals surface area contributed by atoms with Crippen molar-refractivity contribution in [3.05, 3.63) is 58.9 Å². The van der Waals surface area contributed by atoms with Crippen LogP contribution in [0.2, 0.25) is 0 Å². The number of hydrogen-bond donors (Lipinski definition) is 2. The van der Waals surface area contributed by atoms with Gasteiger partial charge in [0.1, 0.15) is 5.82 Å². The lowest BCUT2D eigenvalue weighted by atomic mass is 10.1. The van der Waals surface area contributed by atoms with Crippen molar-refractivity contribution in [1.82, 2.24) is 0 Å². The second-order valence-electron chi connectivity index (χ2n) is 4.84. The zero-order valence-electron chi connectivity index (χ0n) is 11.9. The topological polar surface area (TPSA) is 72.2 Å². The number of sulfonamides is 1. The van der Waals surface area contributed by atoms with E-state index in [0.717, 1.165) is 5.56 Å². The second kappa shape index (κ2) is 5.83. The van der Waals surface area contributed by atoms with Crippen molar-refractivity contribution >= 4 is 15.7 Å². The Labute approximate surface area is 123 Å². The number of halogens is 1. The van der Waals surface area contributed by atoms with Gasteiger partial charge in [-0.25, -0.2) is 12.8 Å². The van der Waals surface area contributed by atoms with Crippen molar-refractivity contribution in [2.45, 2.75) is 25.3 Å². The van der Waals surface area contributed by atoms with E-state index in [0.29, 0.717) is 5.69 Å². The summed E-state index contributed by atoms with van der Waals surface area (Å²) in [5.74, 6) is -0.465. The summed E-state index contributed by atoms with van der Waals surface area (Å²) in [7, 11) is -3.78. The fourth-order valence-electron chi connectivity index (χ4n) is 2.00. The first-order valence-corrected chi connectivity index (χ1v) is 7.91. The highest BCUT2D eigenvalue weighted by atomic mass is 32.2. The van der Waals surface area contributed by atoms with Gasteiger partial charge in [0, 0.05) is 12.1 Å². The quantitative estimate of drug-likeness (QED) is 0.912. The Morgan fingerprint density at radius 3 is 2.43 bits per heavy atom. The molecule has 0 heterocycles. The molecule has 0 saturated heterocycles. The Morgan fingerprint density at radius 2 is 1.81 bits per heavy atom. The van der Waals surface area contributed by atoms with Gasteiger partial charge in [-0.3, -0.25) is 4.72 Å². The molecule has 0 aliphatic carbocycles. The number of nitrogens with two attached hydrogens (primary N) is 1. The molecule has 0 aliphatic rings. The van der Waals surface area contributed by atoms with E-state index in [1.54, 1.807) is 25.1 Å². The Bertz CT molecular complexity index is 773. The van der Waals surface area contributed by atoms with Crippen LogP contribution in [0, 0.1) is 19.7 Å². The van der Waals surface area contributed by atoms with Crippen LogP contribution in [0.15, 0.2) is 41.3 Å². The molecule has 0 radical (unpaired) electrons. The maximum Gasteiger partial charge on any atom is 0.261 e. The number of nitrogens with one attached hydrogen (secondary N) is 1. The van der Waals surface area contributed by atoms with Crippen molar-refractivity contribution in [3.63, 3.8) is 0 Å². The Kier molecular flexibility index (Phi) is 4.29. The van der Waals surface area contributed by atoms with Crippen LogP contribution in [0.5, 0.6) is 0 Å². The minimum atomic E-state index is -3.78. The average Bonchev–Trinajstić information content (AvgIpc) is 2.44. The van der Waals surface area contributed by atoms with Gasteiger partial charge in [0.05, 0.1) is 10.6 Å². The summed E-state index contributed by atoms with van der Waals surface area (Å²) in [5, 5.41) is 0. The van der Waals surface area contributed by atoms with E-state index in [-0.39, 0.29) is 22.6 Å². The molecule has 112 valence electrons. The minimum Gasteiger partial charge on any atom is -0.326 e. The molecule has 0 amide bonds. The molecule has 0 unspecified atom stereocenters. The summed E-state index contributed by atoms with van der Waals surface area (Å²) in [6, 6.07) is 9.61. The molecule has 2 aromatic carbocycles. The summed E-state index contributed by atoms with van der Waals surface area (Å²) < 4.78 is 41.1. The highest BCUT2D eigenvalue weighted by molar-refractivity contribution is 7.92. The largest absolute Gasteiger partial charge is 0.326 e. The average molecular weight is 308 g/mol. The molecule has 0 spiro atoms. The van der Waals surface area contributed by atoms with E-state index in [1.165, 1.54) is 19.1 Å². The predicted octanol–water partition coefficient (Wildman–Crippen LogP) is 2.70. The van der Waals surface area contributed by atoms with Crippen LogP contribution in [0.3, 0.4) is 0 Å². The standard InChI is InChI=1S/C15H17FN2O2S/c1-10-5-3-4-6-14(10)18-21(19,20)13-7-11(2)15(16)12(8-13)9-17/h3-8,18H,9,17H2,1-2H3. The van der Waals surface area contributed by atoms with Crippen molar-refractivity contribution in [3.8, 4) is 0 Å². The predicted molar refractivity (Wildman–Crippen MR) is 81.0 cm³/mol. The maximum atomic E-state index is 13.8. The van der Waals surface area contributed by atoms with Crippen molar-refractivity contribution < 1.29 is 12.8 Å². The summed E-state index contributed by atoms with van der Waals surface area (Å²) in [6.07, 6.45) is 0. The fraction of sp³-hybridized carbons (Fsp3) is 0.200. The molecule has 4 nitrogen and oxygen atoms in total. The van der Waals surface area contributed by atoms with Gasteiger partial charge in [-0.1, -0.05) is 18.2 Å². The zero-order chi connectivity index (χ0) is 15.6. The Morgan fingerprint density at radius 1 is 1.14 bits per heavy atom. The second-order valence-corrected chi connectivity index (χ2v) is 6.52. The first kappa shape index (κ1) is 15.5. The summed E-state index contributed by atoms with van der Waals surface area (Å²) in [5.41, 5.74) is 7.19. The van der Waals surface area contributed by atoms with Crippen molar-refractivity contribution in [1.29, 1.82) is 0 Å². The molecule has 0 saturated carbocycles. The smallest absolute Gasteiger partial charge is 0.261 e. The molecule has 0 aromatic heterocycles.